The molecule has 4 atom stereocenters. The SMILES string of the molecule is CC1CC(CC(=O)N(C)C2CC3CCC(C2)N3)CC(C)(C)C1. The van der Waals surface area contributed by atoms with E-state index in [2.05, 4.69) is 38.0 Å². The van der Waals surface area contributed by atoms with Crippen molar-refractivity contribution in [1.29, 1.82) is 0 Å². The molecule has 3 fully saturated rings. The Balaban J connectivity index is 1.55. The van der Waals surface area contributed by atoms with E-state index in [1.807, 2.05) is 0 Å². The van der Waals surface area contributed by atoms with E-state index < -0.39 is 0 Å². The summed E-state index contributed by atoms with van der Waals surface area (Å²) in [5.74, 6) is 1.75. The zero-order valence-corrected chi connectivity index (χ0v) is 14.9. The fraction of sp³-hybridized carbons (Fsp3) is 0.947. The van der Waals surface area contributed by atoms with E-state index in [9.17, 15) is 4.79 Å². The average molecular weight is 306 g/mol. The lowest BCUT2D eigenvalue weighted by atomic mass is 9.67. The van der Waals surface area contributed by atoms with Gasteiger partial charge >= 0.3 is 0 Å². The molecule has 2 bridgehead atoms. The van der Waals surface area contributed by atoms with Gasteiger partial charge in [-0.05, 0) is 62.2 Å². The van der Waals surface area contributed by atoms with Gasteiger partial charge < -0.3 is 10.2 Å². The molecule has 1 N–H and O–H groups in total. The van der Waals surface area contributed by atoms with Crippen molar-refractivity contribution < 1.29 is 4.79 Å². The maximum absolute atomic E-state index is 12.8. The third-order valence-corrected chi connectivity index (χ3v) is 6.33. The fourth-order valence-corrected chi connectivity index (χ4v) is 5.64. The van der Waals surface area contributed by atoms with Gasteiger partial charge in [-0.1, -0.05) is 20.8 Å². The maximum atomic E-state index is 12.8. The molecule has 1 amide bonds. The number of amides is 1. The molecule has 3 rings (SSSR count). The molecular formula is C19H34N2O. The quantitative estimate of drug-likeness (QED) is 0.864. The lowest BCUT2D eigenvalue weighted by Crippen LogP contribution is -2.49. The summed E-state index contributed by atoms with van der Waals surface area (Å²) in [6, 6.07) is 1.79. The first-order chi connectivity index (χ1) is 10.3. The minimum atomic E-state index is 0.390. The van der Waals surface area contributed by atoms with Crippen molar-refractivity contribution in [2.75, 3.05) is 7.05 Å². The fourth-order valence-electron chi connectivity index (χ4n) is 5.64. The predicted molar refractivity (Wildman–Crippen MR) is 90.6 cm³/mol. The number of carbonyl (C=O) groups is 1. The van der Waals surface area contributed by atoms with Crippen LogP contribution in [0.2, 0.25) is 0 Å². The predicted octanol–water partition coefficient (Wildman–Crippen LogP) is 3.58. The second-order valence-electron chi connectivity index (χ2n) is 9.25. The molecule has 1 saturated carbocycles. The van der Waals surface area contributed by atoms with Gasteiger partial charge in [-0.15, -0.1) is 0 Å². The smallest absolute Gasteiger partial charge is 0.222 e. The zero-order chi connectivity index (χ0) is 15.9. The third-order valence-electron chi connectivity index (χ3n) is 6.33. The molecule has 0 spiro atoms. The van der Waals surface area contributed by atoms with Crippen LogP contribution in [-0.2, 0) is 4.79 Å². The Hall–Kier alpha value is -0.570. The van der Waals surface area contributed by atoms with E-state index in [1.54, 1.807) is 0 Å². The molecule has 0 radical (unpaired) electrons. The van der Waals surface area contributed by atoms with Gasteiger partial charge in [-0.2, -0.15) is 0 Å². The highest BCUT2D eigenvalue weighted by atomic mass is 16.2. The zero-order valence-electron chi connectivity index (χ0n) is 14.9. The van der Waals surface area contributed by atoms with Crippen molar-refractivity contribution >= 4 is 5.91 Å². The average Bonchev–Trinajstić information content (AvgIpc) is 2.74. The van der Waals surface area contributed by atoms with Crippen LogP contribution in [0.25, 0.3) is 0 Å². The van der Waals surface area contributed by atoms with Crippen LogP contribution in [-0.4, -0.2) is 36.0 Å². The summed E-state index contributed by atoms with van der Waals surface area (Å²) >= 11 is 0. The van der Waals surface area contributed by atoms with Crippen LogP contribution in [0.5, 0.6) is 0 Å². The minimum Gasteiger partial charge on any atom is -0.343 e. The van der Waals surface area contributed by atoms with Crippen LogP contribution in [0.4, 0.5) is 0 Å². The first-order valence-electron chi connectivity index (χ1n) is 9.34. The number of hydrogen-bond acceptors (Lipinski definition) is 2. The molecule has 4 unspecified atom stereocenters. The van der Waals surface area contributed by atoms with Crippen LogP contribution in [0, 0.1) is 17.3 Å². The molecule has 1 aliphatic carbocycles. The second-order valence-corrected chi connectivity index (χ2v) is 9.25. The van der Waals surface area contributed by atoms with Crippen molar-refractivity contribution in [2.24, 2.45) is 17.3 Å². The standard InChI is InChI=1S/C19H34N2O/c1-13-7-14(12-19(2,3)11-13)8-18(22)21(4)17-9-15-5-6-16(10-17)20-15/h13-17,20H,5-12H2,1-4H3. The molecule has 3 nitrogen and oxygen atoms in total. The molecule has 0 aromatic carbocycles. The highest BCUT2D eigenvalue weighted by Gasteiger charge is 2.38. The van der Waals surface area contributed by atoms with Gasteiger partial charge in [0.1, 0.15) is 0 Å². The Morgan fingerprint density at radius 1 is 1.14 bits per heavy atom. The summed E-state index contributed by atoms with van der Waals surface area (Å²) < 4.78 is 0. The van der Waals surface area contributed by atoms with Crippen molar-refractivity contribution in [3.63, 3.8) is 0 Å². The summed E-state index contributed by atoms with van der Waals surface area (Å²) in [5, 5.41) is 3.67. The Morgan fingerprint density at radius 3 is 2.36 bits per heavy atom. The Morgan fingerprint density at radius 2 is 1.77 bits per heavy atom. The van der Waals surface area contributed by atoms with Crippen molar-refractivity contribution in [3.8, 4) is 0 Å². The van der Waals surface area contributed by atoms with Crippen LogP contribution >= 0.6 is 0 Å². The minimum absolute atomic E-state index is 0.390. The van der Waals surface area contributed by atoms with Crippen molar-refractivity contribution in [1.82, 2.24) is 10.2 Å². The highest BCUT2D eigenvalue weighted by molar-refractivity contribution is 5.76. The molecule has 2 aliphatic heterocycles. The van der Waals surface area contributed by atoms with E-state index in [0.717, 1.165) is 25.2 Å². The summed E-state index contributed by atoms with van der Waals surface area (Å²) in [7, 11) is 2.05. The molecule has 0 aromatic heterocycles. The summed E-state index contributed by atoms with van der Waals surface area (Å²) in [4.78, 5) is 14.9. The van der Waals surface area contributed by atoms with Crippen LogP contribution in [0.1, 0.15) is 72.1 Å². The molecule has 3 heteroatoms. The van der Waals surface area contributed by atoms with Gasteiger partial charge in [0.25, 0.3) is 0 Å². The van der Waals surface area contributed by atoms with Gasteiger partial charge in [0, 0.05) is 31.6 Å². The monoisotopic (exact) mass is 306 g/mol. The van der Waals surface area contributed by atoms with Crippen LogP contribution in [0.3, 0.4) is 0 Å². The van der Waals surface area contributed by atoms with Crippen molar-refractivity contribution in [2.45, 2.75) is 90.3 Å². The summed E-state index contributed by atoms with van der Waals surface area (Å²) in [5.41, 5.74) is 0.412. The molecule has 0 aromatic rings. The van der Waals surface area contributed by atoms with Gasteiger partial charge in [0.2, 0.25) is 5.91 Å². The molecule has 22 heavy (non-hydrogen) atoms. The number of nitrogens with one attached hydrogen (secondary N) is 1. The Bertz CT molecular complexity index is 408. The molecule has 2 saturated heterocycles. The number of hydrogen-bond donors (Lipinski definition) is 1. The first-order valence-corrected chi connectivity index (χ1v) is 9.34. The number of rotatable bonds is 3. The van der Waals surface area contributed by atoms with E-state index in [0.29, 0.717) is 35.4 Å². The second kappa shape index (κ2) is 6.14. The van der Waals surface area contributed by atoms with Crippen LogP contribution in [0.15, 0.2) is 0 Å². The summed E-state index contributed by atoms with van der Waals surface area (Å²) in [6.07, 6.45) is 9.45. The lowest BCUT2D eigenvalue weighted by molar-refractivity contribution is -0.134. The van der Waals surface area contributed by atoms with Gasteiger partial charge in [0.15, 0.2) is 0 Å². The lowest BCUT2D eigenvalue weighted by Gasteiger charge is -2.40. The van der Waals surface area contributed by atoms with Gasteiger partial charge in [0.05, 0.1) is 0 Å². The van der Waals surface area contributed by atoms with Gasteiger partial charge in [-0.25, -0.2) is 0 Å². The van der Waals surface area contributed by atoms with E-state index in [1.165, 1.54) is 32.1 Å². The van der Waals surface area contributed by atoms with Crippen LogP contribution < -0.4 is 5.32 Å². The molecule has 3 aliphatic rings. The van der Waals surface area contributed by atoms with E-state index >= 15 is 0 Å². The molecule has 2 heterocycles. The summed E-state index contributed by atoms with van der Waals surface area (Å²) in [6.45, 7) is 7.09. The van der Waals surface area contributed by atoms with Gasteiger partial charge in [-0.3, -0.25) is 4.79 Å². The number of carbonyl (C=O) groups excluding carboxylic acids is 1. The van der Waals surface area contributed by atoms with E-state index in [-0.39, 0.29) is 0 Å². The van der Waals surface area contributed by atoms with Crippen molar-refractivity contribution in [3.05, 3.63) is 0 Å². The largest absolute Gasteiger partial charge is 0.343 e. The Kier molecular flexibility index (Phi) is 4.55. The highest BCUT2D eigenvalue weighted by Crippen LogP contribution is 2.43. The number of fused-ring (bicyclic) bond motifs is 2. The third kappa shape index (κ3) is 3.67. The molecule has 126 valence electrons. The first kappa shape index (κ1) is 16.3. The number of nitrogens with zero attached hydrogens (tertiary/aromatic N) is 1. The van der Waals surface area contributed by atoms with E-state index in [4.69, 9.17) is 0 Å². The Labute approximate surface area is 136 Å². The molecular weight excluding hydrogens is 272 g/mol. The normalized spacial score (nSPS) is 40.5. The number of piperidine rings is 1. The maximum Gasteiger partial charge on any atom is 0.222 e. The topological polar surface area (TPSA) is 32.3 Å².